The molecule has 1 saturated heterocycles. The number of hydrogen-bond acceptors (Lipinski definition) is 5. The smallest absolute Gasteiger partial charge is 0.225 e. The van der Waals surface area contributed by atoms with Crippen LogP contribution in [0.15, 0.2) is 12.4 Å². The minimum absolute atomic E-state index is 0.116. The van der Waals surface area contributed by atoms with Crippen LogP contribution in [-0.2, 0) is 4.79 Å². The van der Waals surface area contributed by atoms with Gasteiger partial charge in [0.1, 0.15) is 0 Å². The Morgan fingerprint density at radius 3 is 2.53 bits per heavy atom. The van der Waals surface area contributed by atoms with Crippen LogP contribution in [0.25, 0.3) is 0 Å². The molecule has 0 atom stereocenters. The van der Waals surface area contributed by atoms with Crippen LogP contribution in [0.1, 0.15) is 12.8 Å². The predicted octanol–water partition coefficient (Wildman–Crippen LogP) is 0.0212. The van der Waals surface area contributed by atoms with Gasteiger partial charge in [0.15, 0.2) is 0 Å². The molecule has 2 heterocycles. The molecule has 92 valence electrons. The molecule has 0 aromatic carbocycles. The molecule has 1 aliphatic heterocycles. The molecular formula is C11H17N5O. The number of amides is 1. The Bertz CT molecular complexity index is 383. The summed E-state index contributed by atoms with van der Waals surface area (Å²) in [6, 6.07) is 0. The second-order valence-electron chi connectivity index (χ2n) is 4.19. The third kappa shape index (κ3) is 2.64. The van der Waals surface area contributed by atoms with E-state index < -0.39 is 0 Å². The van der Waals surface area contributed by atoms with Gasteiger partial charge < -0.3 is 16.0 Å². The SMILES string of the molecule is CNC(=O)C1CCN(c2ncc(N)cn2)CC1. The van der Waals surface area contributed by atoms with Gasteiger partial charge >= 0.3 is 0 Å². The van der Waals surface area contributed by atoms with Crippen LogP contribution < -0.4 is 16.0 Å². The number of nitrogen functional groups attached to an aromatic ring is 1. The van der Waals surface area contributed by atoms with E-state index >= 15 is 0 Å². The number of carbonyl (C=O) groups excluding carboxylic acids is 1. The van der Waals surface area contributed by atoms with Gasteiger partial charge in [0.2, 0.25) is 11.9 Å². The van der Waals surface area contributed by atoms with E-state index in [0.717, 1.165) is 25.9 Å². The third-order valence-corrected chi connectivity index (χ3v) is 3.05. The monoisotopic (exact) mass is 235 g/mol. The van der Waals surface area contributed by atoms with Crippen LogP contribution >= 0.6 is 0 Å². The fraction of sp³-hybridized carbons (Fsp3) is 0.545. The van der Waals surface area contributed by atoms with Gasteiger partial charge in [-0.05, 0) is 12.8 Å². The number of nitrogens with two attached hydrogens (primary N) is 1. The van der Waals surface area contributed by atoms with Crippen LogP contribution in [0.2, 0.25) is 0 Å². The van der Waals surface area contributed by atoms with Gasteiger partial charge in [0.05, 0.1) is 18.1 Å². The Labute approximate surface area is 100 Å². The molecule has 0 unspecified atom stereocenters. The highest BCUT2D eigenvalue weighted by Gasteiger charge is 2.25. The van der Waals surface area contributed by atoms with E-state index in [9.17, 15) is 4.79 Å². The summed E-state index contributed by atoms with van der Waals surface area (Å²) < 4.78 is 0. The lowest BCUT2D eigenvalue weighted by Gasteiger charge is -2.30. The van der Waals surface area contributed by atoms with Crippen molar-refractivity contribution >= 4 is 17.5 Å². The summed E-state index contributed by atoms with van der Waals surface area (Å²) in [5, 5.41) is 2.69. The number of nitrogens with one attached hydrogen (secondary N) is 1. The Kier molecular flexibility index (Phi) is 3.41. The third-order valence-electron chi connectivity index (χ3n) is 3.05. The summed E-state index contributed by atoms with van der Waals surface area (Å²) in [7, 11) is 1.68. The van der Waals surface area contributed by atoms with E-state index in [2.05, 4.69) is 20.2 Å². The van der Waals surface area contributed by atoms with Crippen molar-refractivity contribution in [2.45, 2.75) is 12.8 Å². The lowest BCUT2D eigenvalue weighted by Crippen LogP contribution is -2.40. The van der Waals surface area contributed by atoms with E-state index in [0.29, 0.717) is 11.6 Å². The van der Waals surface area contributed by atoms with E-state index in [1.54, 1.807) is 19.4 Å². The summed E-state index contributed by atoms with van der Waals surface area (Å²) in [5.41, 5.74) is 6.10. The highest BCUT2D eigenvalue weighted by Crippen LogP contribution is 2.20. The maximum Gasteiger partial charge on any atom is 0.225 e. The highest BCUT2D eigenvalue weighted by molar-refractivity contribution is 5.78. The van der Waals surface area contributed by atoms with Crippen molar-refractivity contribution < 1.29 is 4.79 Å². The van der Waals surface area contributed by atoms with Gasteiger partial charge in [-0.3, -0.25) is 4.79 Å². The number of anilines is 2. The van der Waals surface area contributed by atoms with Gasteiger partial charge in [-0.15, -0.1) is 0 Å². The van der Waals surface area contributed by atoms with Crippen molar-refractivity contribution in [2.75, 3.05) is 30.8 Å². The molecule has 1 aromatic heterocycles. The van der Waals surface area contributed by atoms with Gasteiger partial charge in [-0.1, -0.05) is 0 Å². The van der Waals surface area contributed by atoms with Gasteiger partial charge in [-0.2, -0.15) is 0 Å². The average Bonchev–Trinajstić information content (AvgIpc) is 2.39. The molecule has 2 rings (SSSR count). The van der Waals surface area contributed by atoms with Gasteiger partial charge in [-0.25, -0.2) is 9.97 Å². The largest absolute Gasteiger partial charge is 0.396 e. The zero-order valence-electron chi connectivity index (χ0n) is 9.89. The van der Waals surface area contributed by atoms with Gasteiger partial charge in [0, 0.05) is 26.1 Å². The molecule has 1 aromatic rings. The summed E-state index contributed by atoms with van der Waals surface area (Å²) in [5.74, 6) is 0.933. The molecular weight excluding hydrogens is 218 g/mol. The number of nitrogens with zero attached hydrogens (tertiary/aromatic N) is 3. The van der Waals surface area contributed by atoms with Crippen LogP contribution in [-0.4, -0.2) is 36.0 Å². The van der Waals surface area contributed by atoms with Crippen molar-refractivity contribution in [3.63, 3.8) is 0 Å². The molecule has 1 fully saturated rings. The van der Waals surface area contributed by atoms with Crippen molar-refractivity contribution in [1.29, 1.82) is 0 Å². The summed E-state index contributed by atoms with van der Waals surface area (Å²) in [6.07, 6.45) is 4.89. The van der Waals surface area contributed by atoms with Crippen molar-refractivity contribution in [1.82, 2.24) is 15.3 Å². The van der Waals surface area contributed by atoms with Crippen molar-refractivity contribution in [3.05, 3.63) is 12.4 Å². The second-order valence-corrected chi connectivity index (χ2v) is 4.19. The zero-order valence-corrected chi connectivity index (χ0v) is 9.89. The minimum atomic E-state index is 0.116. The molecule has 3 N–H and O–H groups in total. The summed E-state index contributed by atoms with van der Waals surface area (Å²) >= 11 is 0. The lowest BCUT2D eigenvalue weighted by molar-refractivity contribution is -0.125. The minimum Gasteiger partial charge on any atom is -0.396 e. The average molecular weight is 235 g/mol. The molecule has 0 saturated carbocycles. The number of rotatable bonds is 2. The standard InChI is InChI=1S/C11H17N5O/c1-13-10(17)8-2-4-16(5-3-8)11-14-6-9(12)7-15-11/h6-8H,2-5,12H2,1H3,(H,13,17). The second kappa shape index (κ2) is 4.99. The fourth-order valence-electron chi connectivity index (χ4n) is 2.04. The molecule has 6 nitrogen and oxygen atoms in total. The molecule has 1 aliphatic rings. The van der Waals surface area contributed by atoms with E-state index in [1.165, 1.54) is 0 Å². The number of hydrogen-bond donors (Lipinski definition) is 2. The van der Waals surface area contributed by atoms with E-state index in [4.69, 9.17) is 5.73 Å². The normalized spacial score (nSPS) is 16.9. The zero-order chi connectivity index (χ0) is 12.3. The first-order valence-corrected chi connectivity index (χ1v) is 5.74. The molecule has 0 radical (unpaired) electrons. The van der Waals surface area contributed by atoms with Crippen LogP contribution in [0, 0.1) is 5.92 Å². The van der Waals surface area contributed by atoms with Crippen molar-refractivity contribution in [2.24, 2.45) is 5.92 Å². The Morgan fingerprint density at radius 2 is 2.00 bits per heavy atom. The first-order valence-electron chi connectivity index (χ1n) is 5.74. The maximum absolute atomic E-state index is 11.5. The van der Waals surface area contributed by atoms with Gasteiger partial charge in [0.25, 0.3) is 0 Å². The Morgan fingerprint density at radius 1 is 1.41 bits per heavy atom. The number of piperidine rings is 1. The first-order chi connectivity index (χ1) is 8.20. The number of aromatic nitrogens is 2. The Balaban J connectivity index is 1.95. The molecule has 0 bridgehead atoms. The molecule has 6 heteroatoms. The maximum atomic E-state index is 11.5. The number of carbonyl (C=O) groups is 1. The van der Waals surface area contributed by atoms with E-state index in [1.807, 2.05) is 0 Å². The molecule has 1 amide bonds. The molecule has 0 spiro atoms. The Hall–Kier alpha value is -1.85. The highest BCUT2D eigenvalue weighted by atomic mass is 16.1. The fourth-order valence-corrected chi connectivity index (χ4v) is 2.04. The van der Waals surface area contributed by atoms with Crippen LogP contribution in [0.4, 0.5) is 11.6 Å². The predicted molar refractivity (Wildman–Crippen MR) is 65.4 cm³/mol. The first kappa shape index (κ1) is 11.6. The summed E-state index contributed by atoms with van der Waals surface area (Å²) in [6.45, 7) is 1.62. The lowest BCUT2D eigenvalue weighted by atomic mass is 9.96. The molecule has 0 aliphatic carbocycles. The van der Waals surface area contributed by atoms with Crippen LogP contribution in [0.3, 0.4) is 0 Å². The van der Waals surface area contributed by atoms with Crippen molar-refractivity contribution in [3.8, 4) is 0 Å². The summed E-state index contributed by atoms with van der Waals surface area (Å²) in [4.78, 5) is 21.9. The van der Waals surface area contributed by atoms with Crippen LogP contribution in [0.5, 0.6) is 0 Å². The molecule has 17 heavy (non-hydrogen) atoms. The van der Waals surface area contributed by atoms with E-state index in [-0.39, 0.29) is 11.8 Å². The topological polar surface area (TPSA) is 84.1 Å². The quantitative estimate of drug-likeness (QED) is 0.755.